The molecule has 0 unspecified atom stereocenters. The number of nitrogens with one attached hydrogen (secondary N) is 1. The lowest BCUT2D eigenvalue weighted by atomic mass is 9.96. The van der Waals surface area contributed by atoms with E-state index < -0.39 is 10.0 Å². The largest absolute Gasteiger partial charge is 0.259 e. The Labute approximate surface area is 120 Å². The van der Waals surface area contributed by atoms with Gasteiger partial charge in [-0.1, -0.05) is 27.5 Å². The highest BCUT2D eigenvalue weighted by Crippen LogP contribution is 2.26. The van der Waals surface area contributed by atoms with Gasteiger partial charge in [-0.2, -0.15) is 5.10 Å². The third-order valence-corrected chi connectivity index (χ3v) is 6.02. The summed E-state index contributed by atoms with van der Waals surface area (Å²) in [5, 5.41) is 4.03. The van der Waals surface area contributed by atoms with Gasteiger partial charge in [0.2, 0.25) is 0 Å². The maximum Gasteiger partial charge on any atom is 0.259 e. The second kappa shape index (κ2) is 5.48. The summed E-state index contributed by atoms with van der Waals surface area (Å²) in [5.74, 6) is 0. The van der Waals surface area contributed by atoms with Crippen molar-refractivity contribution < 1.29 is 8.42 Å². The van der Waals surface area contributed by atoms with Crippen molar-refractivity contribution in [1.29, 1.82) is 0 Å². The van der Waals surface area contributed by atoms with Crippen molar-refractivity contribution >= 4 is 37.6 Å². The van der Waals surface area contributed by atoms with Crippen molar-refractivity contribution in [3.05, 3.63) is 11.2 Å². The predicted molar refractivity (Wildman–Crippen MR) is 73.5 cm³/mol. The summed E-state index contributed by atoms with van der Waals surface area (Å²) in [4.78, 5) is 0.499. The Hall–Kier alpha value is -0.110. The Bertz CT molecular complexity index is 504. The van der Waals surface area contributed by atoms with Crippen LogP contribution in [0.25, 0.3) is 0 Å². The van der Waals surface area contributed by atoms with E-state index in [-0.39, 0.29) is 16.1 Å². The SMILES string of the molecule is Cn1ncc(Cl)c1S(=O)(=O)NC1CCC(Br)CC1. The van der Waals surface area contributed by atoms with Crippen molar-refractivity contribution in [3.8, 4) is 0 Å². The summed E-state index contributed by atoms with van der Waals surface area (Å²) >= 11 is 9.41. The van der Waals surface area contributed by atoms with E-state index in [2.05, 4.69) is 25.8 Å². The zero-order chi connectivity index (χ0) is 13.3. The van der Waals surface area contributed by atoms with E-state index in [9.17, 15) is 8.42 Å². The van der Waals surface area contributed by atoms with Crippen LogP contribution in [0, 0.1) is 0 Å². The minimum absolute atomic E-state index is 0.0187. The van der Waals surface area contributed by atoms with E-state index >= 15 is 0 Å². The average molecular weight is 357 g/mol. The lowest BCUT2D eigenvalue weighted by Gasteiger charge is -2.25. The highest BCUT2D eigenvalue weighted by Gasteiger charge is 2.28. The van der Waals surface area contributed by atoms with Crippen LogP contribution in [0.15, 0.2) is 11.2 Å². The number of nitrogens with zero attached hydrogens (tertiary/aromatic N) is 2. The van der Waals surface area contributed by atoms with Crippen LogP contribution in [0.2, 0.25) is 5.02 Å². The van der Waals surface area contributed by atoms with E-state index in [0.717, 1.165) is 25.7 Å². The minimum Gasteiger partial charge on any atom is -0.255 e. The van der Waals surface area contributed by atoms with Gasteiger partial charge in [0.25, 0.3) is 10.0 Å². The van der Waals surface area contributed by atoms with Crippen molar-refractivity contribution in [2.45, 2.75) is 41.6 Å². The molecule has 0 atom stereocenters. The number of hydrogen-bond donors (Lipinski definition) is 1. The molecule has 0 saturated heterocycles. The summed E-state index contributed by atoms with van der Waals surface area (Å²) in [6, 6.07) is -0.0187. The molecule has 0 spiro atoms. The molecule has 0 amide bonds. The topological polar surface area (TPSA) is 64.0 Å². The first-order valence-corrected chi connectivity index (χ1v) is 8.51. The number of aromatic nitrogens is 2. The van der Waals surface area contributed by atoms with Crippen LogP contribution in [-0.4, -0.2) is 29.1 Å². The van der Waals surface area contributed by atoms with Gasteiger partial charge in [-0.3, -0.25) is 4.68 Å². The molecule has 2 rings (SSSR count). The van der Waals surface area contributed by atoms with Gasteiger partial charge in [-0.15, -0.1) is 0 Å². The standard InChI is InChI=1S/C10H15BrClN3O2S/c1-15-10(9(12)6-13-15)18(16,17)14-8-4-2-7(11)3-5-8/h6-8,14H,2-5H2,1H3. The second-order valence-electron chi connectivity index (χ2n) is 4.49. The highest BCUT2D eigenvalue weighted by atomic mass is 79.9. The third-order valence-electron chi connectivity index (χ3n) is 3.08. The van der Waals surface area contributed by atoms with E-state index in [1.165, 1.54) is 10.9 Å². The van der Waals surface area contributed by atoms with E-state index in [1.807, 2.05) is 0 Å². The van der Waals surface area contributed by atoms with Crippen LogP contribution in [-0.2, 0) is 17.1 Å². The number of rotatable bonds is 3. The number of sulfonamides is 1. The Morgan fingerprint density at radius 2 is 2.06 bits per heavy atom. The number of hydrogen-bond acceptors (Lipinski definition) is 3. The van der Waals surface area contributed by atoms with Gasteiger partial charge >= 0.3 is 0 Å². The molecule has 8 heteroatoms. The van der Waals surface area contributed by atoms with E-state index in [4.69, 9.17) is 11.6 Å². The van der Waals surface area contributed by atoms with Crippen LogP contribution >= 0.6 is 27.5 Å². The van der Waals surface area contributed by atoms with Crippen molar-refractivity contribution in [2.24, 2.45) is 7.05 Å². The summed E-state index contributed by atoms with van der Waals surface area (Å²) in [6.07, 6.45) is 4.97. The number of halogens is 2. The quantitative estimate of drug-likeness (QED) is 0.843. The summed E-state index contributed by atoms with van der Waals surface area (Å²) in [6.45, 7) is 0. The molecule has 1 aliphatic rings. The Kier molecular flexibility index (Phi) is 4.36. The molecule has 1 aliphatic carbocycles. The summed E-state index contributed by atoms with van der Waals surface area (Å²) in [5.41, 5.74) is 0. The summed E-state index contributed by atoms with van der Waals surface area (Å²) < 4.78 is 28.4. The second-order valence-corrected chi connectivity index (χ2v) is 7.82. The van der Waals surface area contributed by atoms with Crippen LogP contribution < -0.4 is 4.72 Å². The molecule has 1 heterocycles. The fourth-order valence-electron chi connectivity index (χ4n) is 2.15. The molecule has 1 saturated carbocycles. The molecule has 0 bridgehead atoms. The molecule has 1 aromatic heterocycles. The molecule has 0 radical (unpaired) electrons. The van der Waals surface area contributed by atoms with Crippen LogP contribution in [0.1, 0.15) is 25.7 Å². The Morgan fingerprint density at radius 1 is 1.44 bits per heavy atom. The highest BCUT2D eigenvalue weighted by molar-refractivity contribution is 9.09. The third kappa shape index (κ3) is 3.07. The zero-order valence-electron chi connectivity index (χ0n) is 9.94. The van der Waals surface area contributed by atoms with Crippen LogP contribution in [0.3, 0.4) is 0 Å². The Balaban J connectivity index is 2.13. The van der Waals surface area contributed by atoms with Crippen LogP contribution in [0.4, 0.5) is 0 Å². The molecule has 18 heavy (non-hydrogen) atoms. The first kappa shape index (κ1) is 14.3. The maximum absolute atomic E-state index is 12.2. The lowest BCUT2D eigenvalue weighted by molar-refractivity contribution is 0.421. The molecule has 102 valence electrons. The minimum atomic E-state index is -3.59. The normalized spacial score (nSPS) is 25.3. The maximum atomic E-state index is 12.2. The Morgan fingerprint density at radius 3 is 2.56 bits per heavy atom. The van der Waals surface area contributed by atoms with Gasteiger partial charge < -0.3 is 0 Å². The smallest absolute Gasteiger partial charge is 0.255 e. The fraction of sp³-hybridized carbons (Fsp3) is 0.700. The van der Waals surface area contributed by atoms with Crippen LogP contribution in [0.5, 0.6) is 0 Å². The average Bonchev–Trinajstić information content (AvgIpc) is 2.62. The molecule has 1 N–H and O–H groups in total. The van der Waals surface area contributed by atoms with E-state index in [0.29, 0.717) is 4.83 Å². The first-order valence-electron chi connectivity index (χ1n) is 5.74. The van der Waals surface area contributed by atoms with E-state index in [1.54, 1.807) is 7.05 Å². The number of aryl methyl sites for hydroxylation is 1. The first-order chi connectivity index (χ1) is 8.40. The molecule has 1 fully saturated rings. The monoisotopic (exact) mass is 355 g/mol. The zero-order valence-corrected chi connectivity index (χ0v) is 13.1. The van der Waals surface area contributed by atoms with Gasteiger partial charge in [0.1, 0.15) is 0 Å². The van der Waals surface area contributed by atoms with Gasteiger partial charge in [0, 0.05) is 17.9 Å². The molecular weight excluding hydrogens is 342 g/mol. The molecule has 0 aromatic carbocycles. The fourth-order valence-corrected chi connectivity index (χ4v) is 4.64. The van der Waals surface area contributed by atoms with Gasteiger partial charge in [0.15, 0.2) is 5.03 Å². The predicted octanol–water partition coefficient (Wildman–Crippen LogP) is 2.06. The molecular formula is C10H15BrClN3O2S. The molecule has 1 aromatic rings. The lowest BCUT2D eigenvalue weighted by Crippen LogP contribution is -2.38. The van der Waals surface area contributed by atoms with Gasteiger partial charge in [0.05, 0.1) is 11.2 Å². The van der Waals surface area contributed by atoms with Crippen molar-refractivity contribution in [3.63, 3.8) is 0 Å². The number of alkyl halides is 1. The van der Waals surface area contributed by atoms with Gasteiger partial charge in [-0.25, -0.2) is 13.1 Å². The van der Waals surface area contributed by atoms with Gasteiger partial charge in [-0.05, 0) is 25.7 Å². The van der Waals surface area contributed by atoms with Crippen molar-refractivity contribution in [1.82, 2.24) is 14.5 Å². The van der Waals surface area contributed by atoms with Crippen molar-refractivity contribution in [2.75, 3.05) is 0 Å². The summed E-state index contributed by atoms with van der Waals surface area (Å²) in [7, 11) is -2.03. The molecule has 5 nitrogen and oxygen atoms in total. The molecule has 0 aliphatic heterocycles.